The number of alkyl halides is 3. The van der Waals surface area contributed by atoms with E-state index in [4.69, 9.17) is 0 Å². The Bertz CT molecular complexity index is 805. The molecule has 0 bridgehead atoms. The minimum Gasteiger partial charge on any atom is -0.403 e. The molecule has 170 valence electrons. The molecule has 3 rings (SSSR count). The van der Waals surface area contributed by atoms with Crippen molar-refractivity contribution in [3.8, 4) is 16.9 Å². The zero-order valence-electron chi connectivity index (χ0n) is 18.2. The number of benzene rings is 2. The number of hydrogen-bond acceptors (Lipinski definition) is 1. The first-order chi connectivity index (χ1) is 14.9. The third-order valence-electron chi connectivity index (χ3n) is 6.44. The second-order valence-electron chi connectivity index (χ2n) is 8.74. The van der Waals surface area contributed by atoms with Crippen molar-refractivity contribution in [1.29, 1.82) is 0 Å². The lowest BCUT2D eigenvalue weighted by molar-refractivity contribution is -0.275. The molecular formula is C26H32F4O. The lowest BCUT2D eigenvalue weighted by Gasteiger charge is -2.29. The van der Waals surface area contributed by atoms with Gasteiger partial charge in [0.15, 0.2) is 11.6 Å². The highest BCUT2D eigenvalue weighted by molar-refractivity contribution is 5.64. The number of halogens is 4. The Morgan fingerprint density at radius 3 is 2.10 bits per heavy atom. The van der Waals surface area contributed by atoms with Crippen LogP contribution in [0, 0.1) is 11.7 Å². The summed E-state index contributed by atoms with van der Waals surface area (Å²) < 4.78 is 54.6. The molecule has 2 aromatic carbocycles. The average Bonchev–Trinajstić information content (AvgIpc) is 2.75. The molecule has 0 N–H and O–H groups in total. The zero-order valence-corrected chi connectivity index (χ0v) is 18.2. The molecule has 0 amide bonds. The molecule has 1 nitrogen and oxygen atoms in total. The highest BCUT2D eigenvalue weighted by Gasteiger charge is 2.32. The van der Waals surface area contributed by atoms with Crippen molar-refractivity contribution in [2.24, 2.45) is 5.92 Å². The van der Waals surface area contributed by atoms with E-state index in [2.05, 4.69) is 23.8 Å². The SMILES string of the molecule is CCCCCCCC1CCC(c2ccc(-c3ccc(OC(F)(F)F)c(F)c3)cc2)CC1. The molecule has 2 aromatic rings. The van der Waals surface area contributed by atoms with Gasteiger partial charge in [-0.2, -0.15) is 0 Å². The average molecular weight is 437 g/mol. The Morgan fingerprint density at radius 1 is 0.839 bits per heavy atom. The maximum absolute atomic E-state index is 14.0. The predicted octanol–water partition coefficient (Wildman–Crippen LogP) is 9.03. The normalized spacial score (nSPS) is 19.4. The summed E-state index contributed by atoms with van der Waals surface area (Å²) in [5.74, 6) is -0.413. The second kappa shape index (κ2) is 11.0. The molecule has 0 radical (unpaired) electrons. The first-order valence-corrected chi connectivity index (χ1v) is 11.5. The van der Waals surface area contributed by atoms with E-state index >= 15 is 0 Å². The van der Waals surface area contributed by atoms with Crippen LogP contribution in [0.25, 0.3) is 11.1 Å². The van der Waals surface area contributed by atoms with E-state index in [1.54, 1.807) is 0 Å². The van der Waals surface area contributed by atoms with Gasteiger partial charge in [-0.15, -0.1) is 13.2 Å². The molecule has 0 aromatic heterocycles. The molecule has 31 heavy (non-hydrogen) atoms. The summed E-state index contributed by atoms with van der Waals surface area (Å²) in [5, 5.41) is 0. The first kappa shape index (κ1) is 23.6. The molecule has 0 unspecified atom stereocenters. The van der Waals surface area contributed by atoms with E-state index in [-0.39, 0.29) is 0 Å². The Hall–Kier alpha value is -2.04. The lowest BCUT2D eigenvalue weighted by atomic mass is 9.77. The second-order valence-corrected chi connectivity index (χ2v) is 8.74. The van der Waals surface area contributed by atoms with Crippen LogP contribution < -0.4 is 4.74 Å². The Kier molecular flexibility index (Phi) is 8.39. The van der Waals surface area contributed by atoms with Gasteiger partial charge in [0.2, 0.25) is 0 Å². The molecule has 1 aliphatic carbocycles. The summed E-state index contributed by atoms with van der Waals surface area (Å²) in [6.45, 7) is 2.25. The van der Waals surface area contributed by atoms with Crippen LogP contribution in [0.5, 0.6) is 5.75 Å². The van der Waals surface area contributed by atoms with Crippen LogP contribution in [0.15, 0.2) is 42.5 Å². The Labute approximate surface area is 182 Å². The van der Waals surface area contributed by atoms with E-state index in [1.165, 1.54) is 75.8 Å². The summed E-state index contributed by atoms with van der Waals surface area (Å²) >= 11 is 0. The van der Waals surface area contributed by atoms with Crippen LogP contribution >= 0.6 is 0 Å². The molecule has 1 fully saturated rings. The van der Waals surface area contributed by atoms with Crippen molar-refractivity contribution in [2.45, 2.75) is 83.4 Å². The Balaban J connectivity index is 1.52. The smallest absolute Gasteiger partial charge is 0.403 e. The summed E-state index contributed by atoms with van der Waals surface area (Å²) in [6.07, 6.45) is 8.14. The fourth-order valence-electron chi connectivity index (χ4n) is 4.66. The van der Waals surface area contributed by atoms with Crippen molar-refractivity contribution >= 4 is 0 Å². The van der Waals surface area contributed by atoms with Gasteiger partial charge in [0.1, 0.15) is 0 Å². The first-order valence-electron chi connectivity index (χ1n) is 11.5. The van der Waals surface area contributed by atoms with Crippen molar-refractivity contribution in [3.05, 3.63) is 53.8 Å². The highest BCUT2D eigenvalue weighted by atomic mass is 19.4. The molecule has 0 aliphatic heterocycles. The fourth-order valence-corrected chi connectivity index (χ4v) is 4.66. The minimum atomic E-state index is -4.90. The number of unbranched alkanes of at least 4 members (excludes halogenated alkanes) is 4. The highest BCUT2D eigenvalue weighted by Crippen LogP contribution is 2.38. The summed E-state index contributed by atoms with van der Waals surface area (Å²) in [4.78, 5) is 0. The van der Waals surface area contributed by atoms with Gasteiger partial charge in [0.25, 0.3) is 0 Å². The molecule has 5 heteroatoms. The number of rotatable bonds is 9. The molecule has 1 saturated carbocycles. The van der Waals surface area contributed by atoms with Crippen LogP contribution in [0.1, 0.15) is 82.6 Å². The van der Waals surface area contributed by atoms with E-state index in [0.29, 0.717) is 11.5 Å². The van der Waals surface area contributed by atoms with Gasteiger partial charge < -0.3 is 4.74 Å². The molecule has 0 spiro atoms. The van der Waals surface area contributed by atoms with Crippen LogP contribution in [-0.2, 0) is 0 Å². The van der Waals surface area contributed by atoms with E-state index in [9.17, 15) is 17.6 Å². The maximum atomic E-state index is 14.0. The van der Waals surface area contributed by atoms with Crippen molar-refractivity contribution < 1.29 is 22.3 Å². The topological polar surface area (TPSA) is 9.23 Å². The Morgan fingerprint density at radius 2 is 1.48 bits per heavy atom. The van der Waals surface area contributed by atoms with Crippen LogP contribution in [0.4, 0.5) is 17.6 Å². The van der Waals surface area contributed by atoms with Crippen LogP contribution in [0.2, 0.25) is 0 Å². The molecule has 0 atom stereocenters. The quantitative estimate of drug-likeness (QED) is 0.281. The molecular weight excluding hydrogens is 404 g/mol. The number of ether oxygens (including phenoxy) is 1. The fraction of sp³-hybridized carbons (Fsp3) is 0.538. The van der Waals surface area contributed by atoms with E-state index in [0.717, 1.165) is 23.6 Å². The van der Waals surface area contributed by atoms with Crippen molar-refractivity contribution in [2.75, 3.05) is 0 Å². The molecule has 0 saturated heterocycles. The van der Waals surface area contributed by atoms with Gasteiger partial charge in [0.05, 0.1) is 0 Å². The monoisotopic (exact) mass is 436 g/mol. The lowest BCUT2D eigenvalue weighted by Crippen LogP contribution is -2.17. The summed E-state index contributed by atoms with van der Waals surface area (Å²) in [7, 11) is 0. The molecule has 1 aliphatic rings. The van der Waals surface area contributed by atoms with Crippen molar-refractivity contribution in [3.63, 3.8) is 0 Å². The number of hydrogen-bond donors (Lipinski definition) is 0. The minimum absolute atomic E-state index is 0.533. The third kappa shape index (κ3) is 7.26. The van der Waals surface area contributed by atoms with Crippen molar-refractivity contribution in [1.82, 2.24) is 0 Å². The largest absolute Gasteiger partial charge is 0.573 e. The van der Waals surface area contributed by atoms with Gasteiger partial charge in [-0.05, 0) is 66.3 Å². The predicted molar refractivity (Wildman–Crippen MR) is 117 cm³/mol. The standard InChI is InChI=1S/C26H32F4O/c1-2-3-4-5-6-7-19-8-10-20(11-9-19)21-12-14-22(15-13-21)23-16-17-25(24(27)18-23)31-26(28,29)30/h12-20H,2-11H2,1H3. The van der Waals surface area contributed by atoms with Gasteiger partial charge in [0, 0.05) is 0 Å². The van der Waals surface area contributed by atoms with E-state index < -0.39 is 17.9 Å². The third-order valence-corrected chi connectivity index (χ3v) is 6.44. The molecule has 0 heterocycles. The van der Waals surface area contributed by atoms with Crippen LogP contribution in [0.3, 0.4) is 0 Å². The van der Waals surface area contributed by atoms with Gasteiger partial charge in [-0.3, -0.25) is 0 Å². The van der Waals surface area contributed by atoms with Crippen LogP contribution in [-0.4, -0.2) is 6.36 Å². The summed E-state index contributed by atoms with van der Waals surface area (Å²) in [5.41, 5.74) is 2.61. The van der Waals surface area contributed by atoms with Gasteiger partial charge in [-0.25, -0.2) is 4.39 Å². The summed E-state index contributed by atoms with van der Waals surface area (Å²) in [6, 6.07) is 11.6. The van der Waals surface area contributed by atoms with E-state index in [1.807, 2.05) is 12.1 Å². The van der Waals surface area contributed by atoms with Gasteiger partial charge >= 0.3 is 6.36 Å². The van der Waals surface area contributed by atoms with Gasteiger partial charge in [-0.1, -0.05) is 75.8 Å². The maximum Gasteiger partial charge on any atom is 0.573 e. The zero-order chi connectivity index (χ0) is 22.3.